The highest BCUT2D eigenvalue weighted by atomic mass is 35.5. The number of hydrogen-bond acceptors (Lipinski definition) is 5. The van der Waals surface area contributed by atoms with Crippen LogP contribution in [0.3, 0.4) is 0 Å². The van der Waals surface area contributed by atoms with Gasteiger partial charge in [-0.05, 0) is 35.9 Å². The Labute approximate surface area is 202 Å². The fraction of sp³-hybridized carbons (Fsp3) is 0.217. The highest BCUT2D eigenvalue weighted by Gasteiger charge is 2.36. The minimum absolute atomic E-state index is 0.00447. The Balaban J connectivity index is 2.07. The summed E-state index contributed by atoms with van der Waals surface area (Å²) in [5.74, 6) is 0.871. The van der Waals surface area contributed by atoms with E-state index in [1.54, 1.807) is 24.3 Å². The van der Waals surface area contributed by atoms with E-state index >= 15 is 0 Å². The van der Waals surface area contributed by atoms with Gasteiger partial charge in [-0.1, -0.05) is 35.3 Å². The number of benzene rings is 2. The van der Waals surface area contributed by atoms with Crippen LogP contribution in [-0.2, 0) is 17.5 Å². The zero-order chi connectivity index (χ0) is 24.6. The van der Waals surface area contributed by atoms with Crippen LogP contribution in [-0.4, -0.2) is 35.9 Å². The van der Waals surface area contributed by atoms with Crippen molar-refractivity contribution >= 4 is 28.8 Å². The highest BCUT2D eigenvalue weighted by Crippen LogP contribution is 2.39. The third-order valence-corrected chi connectivity index (χ3v) is 5.86. The van der Waals surface area contributed by atoms with Gasteiger partial charge in [0, 0.05) is 12.7 Å². The fourth-order valence-corrected chi connectivity index (χ4v) is 3.89. The first-order valence-corrected chi connectivity index (χ1v) is 10.6. The van der Waals surface area contributed by atoms with Crippen molar-refractivity contribution in [2.45, 2.75) is 12.8 Å². The molecule has 0 aliphatic heterocycles. The first kappa shape index (κ1) is 24.1. The van der Waals surface area contributed by atoms with E-state index in [2.05, 4.69) is 10.1 Å². The van der Waals surface area contributed by atoms with Crippen LogP contribution in [0.1, 0.15) is 11.4 Å². The van der Waals surface area contributed by atoms with Crippen LogP contribution in [0.2, 0.25) is 10.0 Å². The Morgan fingerprint density at radius 3 is 2.21 bits per heavy atom. The second-order valence-electron chi connectivity index (χ2n) is 7.21. The van der Waals surface area contributed by atoms with Crippen LogP contribution in [0.15, 0.2) is 42.5 Å². The van der Waals surface area contributed by atoms with Crippen molar-refractivity contribution in [3.8, 4) is 33.9 Å². The first-order chi connectivity index (χ1) is 16.2. The van der Waals surface area contributed by atoms with E-state index in [-0.39, 0.29) is 33.7 Å². The minimum atomic E-state index is -4.71. The van der Waals surface area contributed by atoms with Crippen LogP contribution in [0.25, 0.3) is 28.0 Å². The van der Waals surface area contributed by atoms with Gasteiger partial charge >= 0.3 is 6.18 Å². The summed E-state index contributed by atoms with van der Waals surface area (Å²) in [5.41, 5.74) is 0.609. The minimum Gasteiger partial charge on any atom is -0.493 e. The average molecular weight is 512 g/mol. The van der Waals surface area contributed by atoms with Crippen LogP contribution in [0.4, 0.5) is 13.2 Å². The topological polar surface area (TPSA) is 57.9 Å². The van der Waals surface area contributed by atoms with Crippen LogP contribution in [0.5, 0.6) is 11.5 Å². The Bertz CT molecular complexity index is 1370. The summed E-state index contributed by atoms with van der Waals surface area (Å²) in [4.78, 5) is 4.54. The number of rotatable bonds is 6. The number of ether oxygens (including phenoxy) is 3. The number of fused-ring (bicyclic) bond motifs is 1. The predicted octanol–water partition coefficient (Wildman–Crippen LogP) is 6.55. The molecule has 0 bridgehead atoms. The van der Waals surface area contributed by atoms with Gasteiger partial charge in [0.1, 0.15) is 0 Å². The van der Waals surface area contributed by atoms with Crippen LogP contribution >= 0.6 is 23.2 Å². The molecule has 0 fully saturated rings. The van der Waals surface area contributed by atoms with Gasteiger partial charge in [-0.25, -0.2) is 9.50 Å². The molecule has 2 heterocycles. The summed E-state index contributed by atoms with van der Waals surface area (Å²) in [6, 6.07) is 10.4. The summed E-state index contributed by atoms with van der Waals surface area (Å²) in [7, 11) is 4.39. The molecular weight excluding hydrogens is 494 g/mol. The summed E-state index contributed by atoms with van der Waals surface area (Å²) < 4.78 is 58.9. The van der Waals surface area contributed by atoms with Crippen molar-refractivity contribution in [3.63, 3.8) is 0 Å². The molecule has 0 radical (unpaired) electrons. The van der Waals surface area contributed by atoms with Crippen molar-refractivity contribution < 1.29 is 27.4 Å². The molecule has 2 aromatic carbocycles. The van der Waals surface area contributed by atoms with Gasteiger partial charge in [-0.15, -0.1) is 0 Å². The Hall–Kier alpha value is -3.01. The van der Waals surface area contributed by atoms with Gasteiger partial charge in [0.05, 0.1) is 47.8 Å². The molecule has 34 heavy (non-hydrogen) atoms. The maximum atomic E-state index is 14.1. The Morgan fingerprint density at radius 2 is 1.59 bits per heavy atom. The zero-order valence-electron chi connectivity index (χ0n) is 18.2. The van der Waals surface area contributed by atoms with Gasteiger partial charge in [0.15, 0.2) is 22.8 Å². The maximum Gasteiger partial charge on any atom is 0.433 e. The first-order valence-electron chi connectivity index (χ1n) is 9.84. The average Bonchev–Trinajstić information content (AvgIpc) is 3.17. The van der Waals surface area contributed by atoms with Gasteiger partial charge in [0.25, 0.3) is 0 Å². The summed E-state index contributed by atoms with van der Waals surface area (Å²) in [5, 5.41) is 4.68. The van der Waals surface area contributed by atoms with Crippen molar-refractivity contribution in [2.75, 3.05) is 21.3 Å². The molecule has 178 valence electrons. The van der Waals surface area contributed by atoms with Crippen molar-refractivity contribution in [1.29, 1.82) is 0 Å². The van der Waals surface area contributed by atoms with E-state index in [4.69, 9.17) is 37.4 Å². The fourth-order valence-electron chi connectivity index (χ4n) is 3.59. The van der Waals surface area contributed by atoms with Gasteiger partial charge in [-0.2, -0.15) is 18.3 Å². The molecule has 11 heteroatoms. The largest absolute Gasteiger partial charge is 0.493 e. The molecule has 0 aliphatic rings. The molecule has 2 aromatic heterocycles. The van der Waals surface area contributed by atoms with Crippen molar-refractivity contribution in [2.24, 2.45) is 0 Å². The van der Waals surface area contributed by atoms with E-state index < -0.39 is 11.9 Å². The third kappa shape index (κ3) is 4.38. The third-order valence-electron chi connectivity index (χ3n) is 5.12. The normalized spacial score (nSPS) is 11.8. The number of methoxy groups -OCH3 is 3. The SMILES string of the molecule is COCc1nn2c(C(F)(F)F)cc(-c3ccc(Cl)c(Cl)c3)nc2c1-c1ccc(OC)c(OC)c1. The van der Waals surface area contributed by atoms with Crippen LogP contribution < -0.4 is 9.47 Å². The smallest absolute Gasteiger partial charge is 0.433 e. The van der Waals surface area contributed by atoms with E-state index in [9.17, 15) is 13.2 Å². The van der Waals surface area contributed by atoms with Crippen LogP contribution in [0, 0.1) is 0 Å². The molecule has 4 aromatic rings. The van der Waals surface area contributed by atoms with Crippen molar-refractivity contribution in [3.05, 3.63) is 63.9 Å². The van der Waals surface area contributed by atoms with E-state index in [0.717, 1.165) is 10.6 Å². The number of halogens is 5. The zero-order valence-corrected chi connectivity index (χ0v) is 19.7. The molecule has 4 rings (SSSR count). The number of aromatic nitrogens is 3. The summed E-state index contributed by atoms with van der Waals surface area (Å²) >= 11 is 12.1. The van der Waals surface area contributed by atoms with Crippen molar-refractivity contribution in [1.82, 2.24) is 14.6 Å². The monoisotopic (exact) mass is 511 g/mol. The number of alkyl halides is 3. The molecular formula is C23H18Cl2F3N3O3. The molecule has 0 amide bonds. The lowest BCUT2D eigenvalue weighted by molar-refractivity contribution is -0.142. The molecule has 0 saturated carbocycles. The molecule has 0 unspecified atom stereocenters. The second-order valence-corrected chi connectivity index (χ2v) is 8.03. The predicted molar refractivity (Wildman–Crippen MR) is 123 cm³/mol. The van der Waals surface area contributed by atoms with Gasteiger partial charge in [0.2, 0.25) is 0 Å². The lowest BCUT2D eigenvalue weighted by Crippen LogP contribution is -2.14. The quantitative estimate of drug-likeness (QED) is 0.293. The molecule has 0 spiro atoms. The Kier molecular flexibility index (Phi) is 6.62. The van der Waals surface area contributed by atoms with Gasteiger partial charge < -0.3 is 14.2 Å². The summed E-state index contributed by atoms with van der Waals surface area (Å²) in [6.45, 7) is -0.0353. The molecule has 0 saturated heterocycles. The number of hydrogen-bond donors (Lipinski definition) is 0. The van der Waals surface area contributed by atoms with E-state index in [1.807, 2.05) is 0 Å². The second kappa shape index (κ2) is 9.32. The lowest BCUT2D eigenvalue weighted by Gasteiger charge is -2.13. The maximum absolute atomic E-state index is 14.1. The summed E-state index contributed by atoms with van der Waals surface area (Å²) in [6.07, 6.45) is -4.71. The number of nitrogens with zero attached hydrogens (tertiary/aromatic N) is 3. The van der Waals surface area contributed by atoms with Gasteiger partial charge in [-0.3, -0.25) is 0 Å². The van der Waals surface area contributed by atoms with E-state index in [0.29, 0.717) is 28.2 Å². The molecule has 0 N–H and O–H groups in total. The highest BCUT2D eigenvalue weighted by molar-refractivity contribution is 6.42. The lowest BCUT2D eigenvalue weighted by atomic mass is 10.0. The molecule has 0 atom stereocenters. The molecule has 6 nitrogen and oxygen atoms in total. The molecule has 0 aliphatic carbocycles. The Morgan fingerprint density at radius 1 is 0.882 bits per heavy atom. The standard InChI is InChI=1S/C23H18Cl2F3N3O3/c1-32-11-17-21(13-5-7-18(33-2)19(9-13)34-3)22-29-16(12-4-6-14(24)15(25)8-12)10-20(23(26,27)28)31(22)30-17/h4-10H,11H2,1-3H3. The van der Waals surface area contributed by atoms with E-state index in [1.165, 1.54) is 33.5 Å².